The lowest BCUT2D eigenvalue weighted by atomic mass is 10.1. The zero-order valence-corrected chi connectivity index (χ0v) is 10.9. The van der Waals surface area contributed by atoms with Gasteiger partial charge in [0.25, 0.3) is 5.78 Å². The fourth-order valence-electron chi connectivity index (χ4n) is 0.957. The summed E-state index contributed by atoms with van der Waals surface area (Å²) in [6.07, 6.45) is 0.662. The Labute approximate surface area is 108 Å². The number of carbonyl (C=O) groups excluding carboxylic acids is 1. The summed E-state index contributed by atoms with van der Waals surface area (Å²) in [4.78, 5) is 21.2. The third-order valence-electron chi connectivity index (χ3n) is 1.68. The summed E-state index contributed by atoms with van der Waals surface area (Å²) >= 11 is 6.38. The molecule has 16 heavy (non-hydrogen) atoms. The van der Waals surface area contributed by atoms with Crippen molar-refractivity contribution < 1.29 is 19.8 Å². The molecule has 0 fully saturated rings. The highest BCUT2D eigenvalue weighted by Gasteiger charge is 2.12. The summed E-state index contributed by atoms with van der Waals surface area (Å²) in [5.74, 6) is -3.19. The van der Waals surface area contributed by atoms with Crippen LogP contribution < -0.4 is 0 Å². The number of hydrogen-bond acceptors (Lipinski definition) is 3. The van der Waals surface area contributed by atoms with Crippen molar-refractivity contribution in [1.29, 1.82) is 0 Å². The average Bonchev–Trinajstić information content (AvgIpc) is 2.21. The Bertz CT molecular complexity index is 480. The zero-order valence-electron chi connectivity index (χ0n) is 7.78. The summed E-state index contributed by atoms with van der Waals surface area (Å²) in [7, 11) is 0. The SMILES string of the molecule is O=C(O)C(=O)/C=C(\O)c1cc(Br)ccc1Br. The molecule has 0 radical (unpaired) electrons. The van der Waals surface area contributed by atoms with Crippen molar-refractivity contribution in [3.05, 3.63) is 38.8 Å². The lowest BCUT2D eigenvalue weighted by Gasteiger charge is -2.03. The first-order valence-electron chi connectivity index (χ1n) is 4.05. The minimum atomic E-state index is -1.61. The lowest BCUT2D eigenvalue weighted by molar-refractivity contribution is -0.146. The zero-order chi connectivity index (χ0) is 12.3. The molecular formula is C10H6Br2O4. The number of aliphatic hydroxyl groups is 1. The van der Waals surface area contributed by atoms with Gasteiger partial charge in [-0.25, -0.2) is 4.79 Å². The molecular weight excluding hydrogens is 344 g/mol. The molecule has 0 amide bonds. The van der Waals surface area contributed by atoms with Crippen LogP contribution in [0, 0.1) is 0 Å². The molecule has 0 unspecified atom stereocenters. The van der Waals surface area contributed by atoms with Gasteiger partial charge in [0.1, 0.15) is 5.76 Å². The normalized spacial score (nSPS) is 11.2. The van der Waals surface area contributed by atoms with Gasteiger partial charge in [0.05, 0.1) is 0 Å². The van der Waals surface area contributed by atoms with Crippen molar-refractivity contribution in [3.8, 4) is 0 Å². The van der Waals surface area contributed by atoms with Crippen LogP contribution in [0.25, 0.3) is 5.76 Å². The van der Waals surface area contributed by atoms with E-state index in [1.807, 2.05) is 0 Å². The van der Waals surface area contributed by atoms with Crippen molar-refractivity contribution >= 4 is 49.4 Å². The number of rotatable bonds is 3. The smallest absolute Gasteiger partial charge is 0.376 e. The second-order valence-electron chi connectivity index (χ2n) is 2.82. The first-order chi connectivity index (χ1) is 7.41. The van der Waals surface area contributed by atoms with Gasteiger partial charge in [0.15, 0.2) is 0 Å². The van der Waals surface area contributed by atoms with E-state index in [9.17, 15) is 14.7 Å². The number of aliphatic hydroxyl groups excluding tert-OH is 1. The Morgan fingerprint density at radius 2 is 1.81 bits per heavy atom. The van der Waals surface area contributed by atoms with Gasteiger partial charge in [-0.15, -0.1) is 0 Å². The van der Waals surface area contributed by atoms with Gasteiger partial charge in [0.2, 0.25) is 0 Å². The number of halogens is 2. The predicted octanol–water partition coefficient (Wildman–Crippen LogP) is 2.76. The highest BCUT2D eigenvalue weighted by Crippen LogP contribution is 2.26. The number of carboxylic acid groups (broad SMARTS) is 1. The molecule has 6 heteroatoms. The third-order valence-corrected chi connectivity index (χ3v) is 2.87. The van der Waals surface area contributed by atoms with Gasteiger partial charge in [-0.1, -0.05) is 31.9 Å². The second-order valence-corrected chi connectivity index (χ2v) is 4.59. The number of carbonyl (C=O) groups is 2. The summed E-state index contributed by atoms with van der Waals surface area (Å²) in [6, 6.07) is 4.96. The van der Waals surface area contributed by atoms with Crippen LogP contribution in [0.2, 0.25) is 0 Å². The molecule has 0 bridgehead atoms. The molecule has 0 atom stereocenters. The van der Waals surface area contributed by atoms with Gasteiger partial charge in [-0.2, -0.15) is 0 Å². The summed E-state index contributed by atoms with van der Waals surface area (Å²) in [6.45, 7) is 0. The van der Waals surface area contributed by atoms with Gasteiger partial charge < -0.3 is 10.2 Å². The van der Waals surface area contributed by atoms with Crippen LogP contribution in [-0.4, -0.2) is 22.0 Å². The number of hydrogen-bond donors (Lipinski definition) is 2. The molecule has 0 aliphatic heterocycles. The van der Waals surface area contributed by atoms with Crippen LogP contribution in [-0.2, 0) is 9.59 Å². The van der Waals surface area contributed by atoms with E-state index in [1.165, 1.54) is 0 Å². The third kappa shape index (κ3) is 3.18. The van der Waals surface area contributed by atoms with Crippen LogP contribution in [0.1, 0.15) is 5.56 Å². The van der Waals surface area contributed by atoms with Gasteiger partial charge >= 0.3 is 5.97 Å². The highest BCUT2D eigenvalue weighted by atomic mass is 79.9. The topological polar surface area (TPSA) is 74.6 Å². The minimum Gasteiger partial charge on any atom is -0.507 e. The predicted molar refractivity (Wildman–Crippen MR) is 65.1 cm³/mol. The molecule has 2 N–H and O–H groups in total. The molecule has 4 nitrogen and oxygen atoms in total. The quantitative estimate of drug-likeness (QED) is 0.500. The van der Waals surface area contributed by atoms with Crippen LogP contribution in [0.3, 0.4) is 0 Å². The Balaban J connectivity index is 3.14. The van der Waals surface area contributed by atoms with Gasteiger partial charge in [-0.3, -0.25) is 4.79 Å². The summed E-state index contributed by atoms with van der Waals surface area (Å²) in [5, 5.41) is 17.9. The van der Waals surface area contributed by atoms with Crippen LogP contribution in [0.5, 0.6) is 0 Å². The summed E-state index contributed by atoms with van der Waals surface area (Å²) in [5.41, 5.74) is 0.337. The fourth-order valence-corrected chi connectivity index (χ4v) is 1.77. The van der Waals surface area contributed by atoms with E-state index in [4.69, 9.17) is 5.11 Å². The van der Waals surface area contributed by atoms with Crippen molar-refractivity contribution in [3.63, 3.8) is 0 Å². The van der Waals surface area contributed by atoms with Crippen molar-refractivity contribution in [1.82, 2.24) is 0 Å². The minimum absolute atomic E-state index is 0.337. The van der Waals surface area contributed by atoms with Crippen molar-refractivity contribution in [2.75, 3.05) is 0 Å². The van der Waals surface area contributed by atoms with E-state index >= 15 is 0 Å². The number of carboxylic acids is 1. The lowest BCUT2D eigenvalue weighted by Crippen LogP contribution is -2.09. The maximum absolute atomic E-state index is 10.9. The molecule has 0 aliphatic carbocycles. The highest BCUT2D eigenvalue weighted by molar-refractivity contribution is 9.11. The Morgan fingerprint density at radius 3 is 2.38 bits per heavy atom. The fraction of sp³-hybridized carbons (Fsp3) is 0. The second kappa shape index (κ2) is 5.27. The van der Waals surface area contributed by atoms with E-state index in [0.717, 1.165) is 0 Å². The van der Waals surface area contributed by atoms with Crippen LogP contribution in [0.15, 0.2) is 33.2 Å². The first-order valence-corrected chi connectivity index (χ1v) is 5.63. The van der Waals surface area contributed by atoms with Gasteiger partial charge in [0, 0.05) is 20.6 Å². The molecule has 1 rings (SSSR count). The first kappa shape index (κ1) is 12.9. The maximum atomic E-state index is 10.9. The Morgan fingerprint density at radius 1 is 1.19 bits per heavy atom. The number of ketones is 1. The molecule has 0 aromatic heterocycles. The molecule has 0 spiro atoms. The monoisotopic (exact) mass is 348 g/mol. The van der Waals surface area contributed by atoms with Crippen molar-refractivity contribution in [2.24, 2.45) is 0 Å². The molecule has 0 heterocycles. The Kier molecular flexibility index (Phi) is 4.26. The maximum Gasteiger partial charge on any atom is 0.376 e. The molecule has 0 saturated heterocycles. The van der Waals surface area contributed by atoms with Crippen molar-refractivity contribution in [2.45, 2.75) is 0 Å². The van der Waals surface area contributed by atoms with E-state index in [-0.39, 0.29) is 0 Å². The molecule has 1 aromatic carbocycles. The standard InChI is InChI=1S/C10H6Br2O4/c11-5-1-2-7(12)6(3-5)8(13)4-9(14)10(15)16/h1-4,13H,(H,15,16)/b8-4-. The molecule has 0 aliphatic rings. The Hall–Kier alpha value is -1.14. The van der Waals surface area contributed by atoms with E-state index < -0.39 is 17.5 Å². The van der Waals surface area contributed by atoms with Gasteiger partial charge in [-0.05, 0) is 18.2 Å². The summed E-state index contributed by atoms with van der Waals surface area (Å²) < 4.78 is 1.26. The average molecular weight is 350 g/mol. The molecule has 0 saturated carbocycles. The number of aliphatic carboxylic acids is 1. The van der Waals surface area contributed by atoms with E-state index in [2.05, 4.69) is 31.9 Å². The molecule has 84 valence electrons. The van der Waals surface area contributed by atoms with Crippen LogP contribution in [0.4, 0.5) is 0 Å². The van der Waals surface area contributed by atoms with E-state index in [1.54, 1.807) is 18.2 Å². The number of benzene rings is 1. The van der Waals surface area contributed by atoms with Crippen LogP contribution >= 0.6 is 31.9 Å². The molecule has 1 aromatic rings. The largest absolute Gasteiger partial charge is 0.507 e. The van der Waals surface area contributed by atoms with E-state index in [0.29, 0.717) is 20.6 Å².